The van der Waals surface area contributed by atoms with Crippen molar-refractivity contribution in [3.8, 4) is 0 Å². The molecule has 0 saturated carbocycles. The van der Waals surface area contributed by atoms with E-state index in [9.17, 15) is 9.82 Å². The van der Waals surface area contributed by atoms with Crippen molar-refractivity contribution in [2.45, 2.75) is 25.9 Å². The molecule has 1 atom stereocenters. The number of fused-ring (bicyclic) bond motifs is 1. The Hall–Kier alpha value is -1.13. The first-order valence-corrected chi connectivity index (χ1v) is 5.09. The molecule has 1 aromatic rings. The molecule has 0 aromatic heterocycles. The van der Waals surface area contributed by atoms with Crippen molar-refractivity contribution in [1.82, 2.24) is 0 Å². The molecule has 0 amide bonds. The molecule has 4 heteroatoms. The van der Waals surface area contributed by atoms with E-state index < -0.39 is 7.12 Å². The van der Waals surface area contributed by atoms with Crippen molar-refractivity contribution in [3.05, 3.63) is 29.3 Å². The fraction of sp³-hybridized carbons (Fsp3) is 0.364. The van der Waals surface area contributed by atoms with Crippen LogP contribution in [0.1, 0.15) is 18.1 Å². The largest absolute Gasteiger partial charge is 0.491 e. The van der Waals surface area contributed by atoms with Gasteiger partial charge in [0, 0.05) is 12.5 Å². The van der Waals surface area contributed by atoms with Crippen LogP contribution >= 0.6 is 0 Å². The molecule has 0 bridgehead atoms. The summed E-state index contributed by atoms with van der Waals surface area (Å²) in [6.45, 7) is 1.93. The molecule has 0 spiro atoms. The fourth-order valence-corrected chi connectivity index (χ4v) is 1.95. The molecule has 0 radical (unpaired) electrons. The first-order valence-electron chi connectivity index (χ1n) is 5.09. The van der Waals surface area contributed by atoms with Gasteiger partial charge < -0.3 is 14.5 Å². The van der Waals surface area contributed by atoms with Gasteiger partial charge in [0.1, 0.15) is 6.29 Å². The van der Waals surface area contributed by atoms with Crippen LogP contribution in [0.2, 0.25) is 0 Å². The van der Waals surface area contributed by atoms with Gasteiger partial charge >= 0.3 is 7.12 Å². The number of aldehydes is 1. The number of carbonyl (C=O) groups is 1. The van der Waals surface area contributed by atoms with E-state index in [1.54, 1.807) is 0 Å². The van der Waals surface area contributed by atoms with Crippen molar-refractivity contribution in [1.29, 1.82) is 0 Å². The highest BCUT2D eigenvalue weighted by Gasteiger charge is 2.28. The van der Waals surface area contributed by atoms with Crippen LogP contribution in [0, 0.1) is 0 Å². The highest BCUT2D eigenvalue weighted by Crippen LogP contribution is 2.14. The molecule has 15 heavy (non-hydrogen) atoms. The highest BCUT2D eigenvalue weighted by atomic mass is 16.5. The normalized spacial score (nSPS) is 19.9. The summed E-state index contributed by atoms with van der Waals surface area (Å²) < 4.78 is 5.30. The van der Waals surface area contributed by atoms with Crippen molar-refractivity contribution in [2.75, 3.05) is 0 Å². The molecule has 2 rings (SSSR count). The Kier molecular flexibility index (Phi) is 2.89. The lowest BCUT2D eigenvalue weighted by Crippen LogP contribution is -2.44. The Bertz CT molecular complexity index is 378. The third-order valence-corrected chi connectivity index (χ3v) is 2.66. The molecule has 1 unspecified atom stereocenters. The average molecular weight is 204 g/mol. The smallest absolute Gasteiger partial charge is 0.423 e. The van der Waals surface area contributed by atoms with Crippen LogP contribution in [0.25, 0.3) is 0 Å². The van der Waals surface area contributed by atoms with E-state index >= 15 is 0 Å². The SMILES string of the molecule is CC1Cc2cc(CC=O)ccc2B(O)O1. The second-order valence-electron chi connectivity index (χ2n) is 3.91. The molecule has 3 nitrogen and oxygen atoms in total. The van der Waals surface area contributed by atoms with E-state index in [1.807, 2.05) is 25.1 Å². The summed E-state index contributed by atoms with van der Waals surface area (Å²) in [5, 5.41) is 9.66. The summed E-state index contributed by atoms with van der Waals surface area (Å²) >= 11 is 0. The maximum absolute atomic E-state index is 10.4. The highest BCUT2D eigenvalue weighted by molar-refractivity contribution is 6.60. The third kappa shape index (κ3) is 2.11. The Balaban J connectivity index is 2.34. The van der Waals surface area contributed by atoms with Gasteiger partial charge in [0.2, 0.25) is 0 Å². The molecule has 0 saturated heterocycles. The van der Waals surface area contributed by atoms with Crippen molar-refractivity contribution >= 4 is 18.9 Å². The number of rotatable bonds is 2. The van der Waals surface area contributed by atoms with E-state index in [0.717, 1.165) is 29.3 Å². The second kappa shape index (κ2) is 4.17. The molecule has 1 aliphatic rings. The molecular formula is C11H13BO3. The number of hydrogen-bond donors (Lipinski definition) is 1. The predicted octanol–water partition coefficient (Wildman–Crippen LogP) is 0.0767. The minimum absolute atomic E-state index is 0.0268. The summed E-state index contributed by atoms with van der Waals surface area (Å²) in [6, 6.07) is 5.67. The molecule has 0 fully saturated rings. The Labute approximate surface area is 89.2 Å². The lowest BCUT2D eigenvalue weighted by molar-refractivity contribution is -0.107. The van der Waals surface area contributed by atoms with E-state index in [-0.39, 0.29) is 6.10 Å². The van der Waals surface area contributed by atoms with E-state index in [0.29, 0.717) is 6.42 Å². The Morgan fingerprint density at radius 3 is 3.20 bits per heavy atom. The summed E-state index contributed by atoms with van der Waals surface area (Å²) in [7, 11) is -0.825. The van der Waals surface area contributed by atoms with Crippen LogP contribution in [0.3, 0.4) is 0 Å². The molecule has 78 valence electrons. The van der Waals surface area contributed by atoms with Gasteiger partial charge in [0.15, 0.2) is 0 Å². The maximum Gasteiger partial charge on any atom is 0.491 e. The molecular weight excluding hydrogens is 191 g/mol. The summed E-state index contributed by atoms with van der Waals surface area (Å²) in [4.78, 5) is 10.4. The van der Waals surface area contributed by atoms with Crippen LogP contribution in [0.5, 0.6) is 0 Å². The molecule has 1 N–H and O–H groups in total. The molecule has 1 aliphatic heterocycles. The van der Waals surface area contributed by atoms with Crippen molar-refractivity contribution in [3.63, 3.8) is 0 Å². The van der Waals surface area contributed by atoms with E-state index in [4.69, 9.17) is 4.65 Å². The second-order valence-corrected chi connectivity index (χ2v) is 3.91. The number of benzene rings is 1. The van der Waals surface area contributed by atoms with Gasteiger partial charge in [-0.2, -0.15) is 0 Å². The zero-order valence-corrected chi connectivity index (χ0v) is 8.64. The topological polar surface area (TPSA) is 46.5 Å². The maximum atomic E-state index is 10.4. The monoisotopic (exact) mass is 204 g/mol. The summed E-state index contributed by atoms with van der Waals surface area (Å²) in [5.41, 5.74) is 2.90. The fourth-order valence-electron chi connectivity index (χ4n) is 1.95. The zero-order valence-electron chi connectivity index (χ0n) is 8.64. The predicted molar refractivity (Wildman–Crippen MR) is 58.1 cm³/mol. The Morgan fingerprint density at radius 1 is 1.67 bits per heavy atom. The quantitative estimate of drug-likeness (QED) is 0.548. The van der Waals surface area contributed by atoms with Gasteiger partial charge in [-0.15, -0.1) is 0 Å². The number of carbonyl (C=O) groups excluding carboxylic acids is 1. The first-order chi connectivity index (χ1) is 7.20. The van der Waals surface area contributed by atoms with E-state index in [1.165, 1.54) is 0 Å². The lowest BCUT2D eigenvalue weighted by atomic mass is 9.72. The molecule has 0 aliphatic carbocycles. The van der Waals surface area contributed by atoms with Crippen LogP contribution in [-0.4, -0.2) is 24.5 Å². The van der Waals surface area contributed by atoms with Gasteiger partial charge in [0.25, 0.3) is 0 Å². The minimum atomic E-state index is -0.825. The van der Waals surface area contributed by atoms with Crippen LogP contribution < -0.4 is 5.46 Å². The van der Waals surface area contributed by atoms with Gasteiger partial charge in [-0.25, -0.2) is 0 Å². The average Bonchev–Trinajstić information content (AvgIpc) is 2.17. The first kappa shape index (κ1) is 10.4. The van der Waals surface area contributed by atoms with Crippen LogP contribution in [0.4, 0.5) is 0 Å². The standard InChI is InChI=1S/C11H13BO3/c1-8-6-10-7-9(4-5-13)2-3-11(10)12(14)15-8/h2-3,5,7-8,14H,4,6H2,1H3. The minimum Gasteiger partial charge on any atom is -0.423 e. The summed E-state index contributed by atoms with van der Waals surface area (Å²) in [5.74, 6) is 0. The van der Waals surface area contributed by atoms with Gasteiger partial charge in [-0.1, -0.05) is 18.2 Å². The zero-order chi connectivity index (χ0) is 10.8. The molecule has 1 heterocycles. The van der Waals surface area contributed by atoms with E-state index in [2.05, 4.69) is 0 Å². The van der Waals surface area contributed by atoms with Gasteiger partial charge in [-0.3, -0.25) is 0 Å². The van der Waals surface area contributed by atoms with Gasteiger partial charge in [-0.05, 0) is 29.9 Å². The van der Waals surface area contributed by atoms with Crippen molar-refractivity contribution in [2.24, 2.45) is 0 Å². The van der Waals surface area contributed by atoms with Crippen molar-refractivity contribution < 1.29 is 14.5 Å². The van der Waals surface area contributed by atoms with Crippen LogP contribution in [0.15, 0.2) is 18.2 Å². The Morgan fingerprint density at radius 2 is 2.47 bits per heavy atom. The number of hydrogen-bond acceptors (Lipinski definition) is 3. The van der Waals surface area contributed by atoms with Gasteiger partial charge in [0.05, 0.1) is 0 Å². The lowest BCUT2D eigenvalue weighted by Gasteiger charge is -2.25. The third-order valence-electron chi connectivity index (χ3n) is 2.66. The summed E-state index contributed by atoms with van der Waals surface area (Å²) in [6.07, 6.45) is 2.14. The van der Waals surface area contributed by atoms with Crippen LogP contribution in [-0.2, 0) is 22.3 Å². The molecule has 1 aromatic carbocycles.